The van der Waals surface area contributed by atoms with Crippen LogP contribution >= 0.6 is 0 Å². The summed E-state index contributed by atoms with van der Waals surface area (Å²) in [6, 6.07) is 2.16. The third kappa shape index (κ3) is 2.60. The highest BCUT2D eigenvalue weighted by Gasteiger charge is 2.09. The minimum atomic E-state index is 0.663. The van der Waals surface area contributed by atoms with E-state index in [-0.39, 0.29) is 0 Å². The summed E-state index contributed by atoms with van der Waals surface area (Å²) in [6.45, 7) is 7.20. The fraction of sp³-hybridized carbons (Fsp3) is 0.615. The van der Waals surface area contributed by atoms with Crippen LogP contribution in [0, 0.1) is 0 Å². The SMILES string of the molecule is CCCc1cc(CCC)n2nc(NCC)nc2n1. The van der Waals surface area contributed by atoms with E-state index < -0.39 is 0 Å². The van der Waals surface area contributed by atoms with E-state index >= 15 is 0 Å². The number of nitrogens with zero attached hydrogens (tertiary/aromatic N) is 4. The summed E-state index contributed by atoms with van der Waals surface area (Å²) in [5.74, 6) is 1.37. The molecular formula is C13H21N5. The van der Waals surface area contributed by atoms with Crippen LogP contribution in [0.5, 0.6) is 0 Å². The Balaban J connectivity index is 2.46. The highest BCUT2D eigenvalue weighted by molar-refractivity contribution is 5.39. The van der Waals surface area contributed by atoms with Gasteiger partial charge in [-0.05, 0) is 25.8 Å². The summed E-state index contributed by atoms with van der Waals surface area (Å²) in [6.07, 6.45) is 4.20. The van der Waals surface area contributed by atoms with Gasteiger partial charge in [0.2, 0.25) is 5.95 Å². The van der Waals surface area contributed by atoms with Gasteiger partial charge in [-0.25, -0.2) is 4.98 Å². The van der Waals surface area contributed by atoms with Crippen LogP contribution in [0.3, 0.4) is 0 Å². The molecule has 0 fully saturated rings. The smallest absolute Gasteiger partial charge is 0.254 e. The van der Waals surface area contributed by atoms with Crippen molar-refractivity contribution < 1.29 is 0 Å². The lowest BCUT2D eigenvalue weighted by Crippen LogP contribution is -2.04. The van der Waals surface area contributed by atoms with Gasteiger partial charge in [-0.2, -0.15) is 9.50 Å². The van der Waals surface area contributed by atoms with Crippen LogP contribution in [0.15, 0.2) is 6.07 Å². The average Bonchev–Trinajstić information content (AvgIpc) is 2.73. The third-order valence-electron chi connectivity index (χ3n) is 2.79. The van der Waals surface area contributed by atoms with Crippen LogP contribution in [-0.2, 0) is 12.8 Å². The molecule has 0 saturated heterocycles. The van der Waals surface area contributed by atoms with Crippen molar-refractivity contribution in [3.63, 3.8) is 0 Å². The van der Waals surface area contributed by atoms with E-state index in [0.29, 0.717) is 11.7 Å². The molecule has 0 spiro atoms. The molecule has 2 aromatic rings. The van der Waals surface area contributed by atoms with E-state index in [2.05, 4.69) is 40.3 Å². The minimum Gasteiger partial charge on any atom is -0.353 e. The third-order valence-corrected chi connectivity index (χ3v) is 2.79. The first-order chi connectivity index (χ1) is 8.78. The van der Waals surface area contributed by atoms with Crippen molar-refractivity contribution in [2.45, 2.75) is 46.5 Å². The minimum absolute atomic E-state index is 0.663. The Morgan fingerprint density at radius 1 is 1.11 bits per heavy atom. The predicted octanol–water partition coefficient (Wildman–Crippen LogP) is 2.46. The van der Waals surface area contributed by atoms with Crippen molar-refractivity contribution in [2.75, 3.05) is 11.9 Å². The fourth-order valence-electron chi connectivity index (χ4n) is 2.03. The Kier molecular flexibility index (Phi) is 4.12. The van der Waals surface area contributed by atoms with Crippen LogP contribution in [-0.4, -0.2) is 26.1 Å². The molecule has 2 aromatic heterocycles. The number of fused-ring (bicyclic) bond motifs is 1. The van der Waals surface area contributed by atoms with Gasteiger partial charge >= 0.3 is 0 Å². The van der Waals surface area contributed by atoms with Crippen LogP contribution in [0.25, 0.3) is 5.78 Å². The summed E-state index contributed by atoms with van der Waals surface area (Å²) in [7, 11) is 0. The maximum Gasteiger partial charge on any atom is 0.254 e. The van der Waals surface area contributed by atoms with E-state index in [1.165, 1.54) is 5.69 Å². The molecule has 0 bridgehead atoms. The van der Waals surface area contributed by atoms with Gasteiger partial charge in [-0.3, -0.25) is 0 Å². The Hall–Kier alpha value is -1.65. The molecule has 18 heavy (non-hydrogen) atoms. The molecule has 0 saturated carbocycles. The molecule has 0 unspecified atom stereocenters. The van der Waals surface area contributed by atoms with Gasteiger partial charge in [-0.15, -0.1) is 5.10 Å². The van der Waals surface area contributed by atoms with E-state index in [4.69, 9.17) is 0 Å². The quantitative estimate of drug-likeness (QED) is 0.852. The van der Waals surface area contributed by atoms with Gasteiger partial charge in [-0.1, -0.05) is 26.7 Å². The predicted molar refractivity (Wildman–Crippen MR) is 72.9 cm³/mol. The Morgan fingerprint density at radius 3 is 2.56 bits per heavy atom. The molecule has 2 rings (SSSR count). The number of aryl methyl sites for hydroxylation is 2. The van der Waals surface area contributed by atoms with Crippen molar-refractivity contribution in [2.24, 2.45) is 0 Å². The number of hydrogen-bond acceptors (Lipinski definition) is 4. The molecule has 0 aliphatic heterocycles. The van der Waals surface area contributed by atoms with Crippen molar-refractivity contribution in [3.05, 3.63) is 17.5 Å². The Labute approximate surface area is 108 Å². The van der Waals surface area contributed by atoms with Crippen LogP contribution in [0.2, 0.25) is 0 Å². The number of rotatable bonds is 6. The molecular weight excluding hydrogens is 226 g/mol. The molecule has 0 atom stereocenters. The highest BCUT2D eigenvalue weighted by atomic mass is 15.4. The topological polar surface area (TPSA) is 55.1 Å². The lowest BCUT2D eigenvalue weighted by molar-refractivity contribution is 0.776. The first kappa shape index (κ1) is 12.8. The lowest BCUT2D eigenvalue weighted by atomic mass is 10.2. The van der Waals surface area contributed by atoms with E-state index in [1.807, 2.05) is 11.4 Å². The molecule has 98 valence electrons. The van der Waals surface area contributed by atoms with Crippen molar-refractivity contribution in [3.8, 4) is 0 Å². The molecule has 2 heterocycles. The molecule has 0 aliphatic carbocycles. The van der Waals surface area contributed by atoms with Gasteiger partial charge in [0.1, 0.15) is 0 Å². The van der Waals surface area contributed by atoms with E-state index in [1.54, 1.807) is 0 Å². The fourth-order valence-corrected chi connectivity index (χ4v) is 2.03. The summed E-state index contributed by atoms with van der Waals surface area (Å²) in [4.78, 5) is 8.98. The van der Waals surface area contributed by atoms with Crippen LogP contribution in [0.1, 0.15) is 45.0 Å². The second-order valence-electron chi connectivity index (χ2n) is 4.42. The van der Waals surface area contributed by atoms with Gasteiger partial charge in [0.05, 0.1) is 0 Å². The van der Waals surface area contributed by atoms with Gasteiger partial charge in [0.25, 0.3) is 5.78 Å². The van der Waals surface area contributed by atoms with Crippen LogP contribution in [0.4, 0.5) is 5.95 Å². The zero-order valence-electron chi connectivity index (χ0n) is 11.4. The summed E-state index contributed by atoms with van der Waals surface area (Å²) in [5.41, 5.74) is 2.31. The number of hydrogen-bond donors (Lipinski definition) is 1. The standard InChI is InChI=1S/C13H21N5/c1-4-7-10-9-11(8-5-2)18-13(15-10)16-12(17-18)14-6-3/h9H,4-8H2,1-3H3,(H,14,17). The summed E-state index contributed by atoms with van der Waals surface area (Å²) >= 11 is 0. The maximum absolute atomic E-state index is 4.56. The number of nitrogens with one attached hydrogen (secondary N) is 1. The normalized spacial score (nSPS) is 11.1. The number of aromatic nitrogens is 4. The second kappa shape index (κ2) is 5.80. The highest BCUT2D eigenvalue weighted by Crippen LogP contribution is 2.12. The monoisotopic (exact) mass is 247 g/mol. The van der Waals surface area contributed by atoms with Crippen LogP contribution < -0.4 is 5.32 Å². The molecule has 0 aliphatic rings. The molecule has 5 nitrogen and oxygen atoms in total. The van der Waals surface area contributed by atoms with Gasteiger partial charge in [0.15, 0.2) is 0 Å². The van der Waals surface area contributed by atoms with E-state index in [0.717, 1.165) is 37.9 Å². The zero-order chi connectivity index (χ0) is 13.0. The first-order valence-electron chi connectivity index (χ1n) is 6.77. The molecule has 1 N–H and O–H groups in total. The molecule has 0 radical (unpaired) electrons. The summed E-state index contributed by atoms with van der Waals surface area (Å²) in [5, 5.41) is 7.59. The summed E-state index contributed by atoms with van der Waals surface area (Å²) < 4.78 is 1.86. The van der Waals surface area contributed by atoms with Gasteiger partial charge in [0, 0.05) is 17.9 Å². The van der Waals surface area contributed by atoms with E-state index in [9.17, 15) is 0 Å². The molecule has 0 amide bonds. The largest absolute Gasteiger partial charge is 0.353 e. The first-order valence-corrected chi connectivity index (χ1v) is 6.77. The lowest BCUT2D eigenvalue weighted by Gasteiger charge is -2.05. The van der Waals surface area contributed by atoms with Gasteiger partial charge < -0.3 is 5.32 Å². The van der Waals surface area contributed by atoms with Crippen molar-refractivity contribution in [1.82, 2.24) is 19.6 Å². The Morgan fingerprint density at radius 2 is 1.89 bits per heavy atom. The Bertz CT molecular complexity index is 517. The average molecular weight is 247 g/mol. The second-order valence-corrected chi connectivity index (χ2v) is 4.42. The van der Waals surface area contributed by atoms with Crippen molar-refractivity contribution >= 4 is 11.7 Å². The molecule has 0 aromatic carbocycles. The molecule has 5 heteroatoms. The zero-order valence-corrected chi connectivity index (χ0v) is 11.4. The van der Waals surface area contributed by atoms with Crippen molar-refractivity contribution in [1.29, 1.82) is 0 Å². The maximum atomic E-state index is 4.56. The number of anilines is 1.